The molecule has 3 nitrogen and oxygen atoms in total. The van der Waals surface area contributed by atoms with Gasteiger partial charge >= 0.3 is 0 Å². The number of carbonyl (C=O) groups excluding carboxylic acids is 1. The Balaban J connectivity index is 2.07. The van der Waals surface area contributed by atoms with Gasteiger partial charge in [-0.1, -0.05) is 6.92 Å². The number of hydrogen-bond acceptors (Lipinski definition) is 2. The van der Waals surface area contributed by atoms with Crippen LogP contribution in [-0.4, -0.2) is 5.91 Å². The molecular formula is C16H24N2O. The number of nitrogens with one attached hydrogen (secondary N) is 1. The first kappa shape index (κ1) is 13.9. The van der Waals surface area contributed by atoms with Crippen LogP contribution in [0.1, 0.15) is 43.7 Å². The Morgan fingerprint density at radius 1 is 1.16 bits per heavy atom. The molecule has 3 heteroatoms. The lowest BCUT2D eigenvalue weighted by atomic mass is 9.82. The van der Waals surface area contributed by atoms with Crippen LogP contribution in [0.15, 0.2) is 12.1 Å². The van der Waals surface area contributed by atoms with Gasteiger partial charge in [0.1, 0.15) is 0 Å². The smallest absolute Gasteiger partial charge is 0.227 e. The number of rotatable bonds is 2. The number of aryl methyl sites for hydroxylation is 2. The van der Waals surface area contributed by atoms with Crippen molar-refractivity contribution in [2.45, 2.75) is 46.5 Å². The van der Waals surface area contributed by atoms with E-state index in [1.54, 1.807) is 0 Å². The van der Waals surface area contributed by atoms with Crippen molar-refractivity contribution in [3.63, 3.8) is 0 Å². The Morgan fingerprint density at radius 3 is 2.21 bits per heavy atom. The number of benzene rings is 1. The molecule has 0 heterocycles. The maximum absolute atomic E-state index is 12.3. The fraction of sp³-hybridized carbons (Fsp3) is 0.562. The van der Waals surface area contributed by atoms with Gasteiger partial charge < -0.3 is 11.1 Å². The molecule has 0 aromatic heterocycles. The van der Waals surface area contributed by atoms with Gasteiger partial charge in [0.05, 0.1) is 0 Å². The minimum Gasteiger partial charge on any atom is -0.399 e. The summed E-state index contributed by atoms with van der Waals surface area (Å²) in [5.41, 5.74) is 9.56. The molecule has 104 valence electrons. The number of hydrogen-bond donors (Lipinski definition) is 2. The number of carbonyl (C=O) groups is 1. The lowest BCUT2D eigenvalue weighted by molar-refractivity contribution is -0.121. The molecule has 0 spiro atoms. The second kappa shape index (κ2) is 5.64. The van der Waals surface area contributed by atoms with Crippen LogP contribution in [0.5, 0.6) is 0 Å². The zero-order valence-corrected chi connectivity index (χ0v) is 12.1. The van der Waals surface area contributed by atoms with Crippen molar-refractivity contribution < 1.29 is 4.79 Å². The Labute approximate surface area is 115 Å². The zero-order valence-electron chi connectivity index (χ0n) is 12.1. The van der Waals surface area contributed by atoms with Gasteiger partial charge in [0, 0.05) is 17.3 Å². The Morgan fingerprint density at radius 2 is 1.68 bits per heavy atom. The summed E-state index contributed by atoms with van der Waals surface area (Å²) in [4.78, 5) is 12.3. The molecule has 19 heavy (non-hydrogen) atoms. The highest BCUT2D eigenvalue weighted by Crippen LogP contribution is 2.30. The van der Waals surface area contributed by atoms with Crippen LogP contribution in [0.2, 0.25) is 0 Å². The highest BCUT2D eigenvalue weighted by atomic mass is 16.1. The van der Waals surface area contributed by atoms with E-state index in [9.17, 15) is 4.79 Å². The van der Waals surface area contributed by atoms with E-state index in [0.29, 0.717) is 0 Å². The van der Waals surface area contributed by atoms with Crippen molar-refractivity contribution in [1.82, 2.24) is 0 Å². The Hall–Kier alpha value is -1.51. The first-order valence-corrected chi connectivity index (χ1v) is 7.15. The molecule has 0 saturated heterocycles. The number of nitrogen functional groups attached to an aromatic ring is 1. The van der Waals surface area contributed by atoms with E-state index < -0.39 is 0 Å². The van der Waals surface area contributed by atoms with Crippen molar-refractivity contribution in [1.29, 1.82) is 0 Å². The van der Waals surface area contributed by atoms with E-state index in [4.69, 9.17) is 5.73 Å². The minimum absolute atomic E-state index is 0.169. The quantitative estimate of drug-likeness (QED) is 0.797. The van der Waals surface area contributed by atoms with Gasteiger partial charge in [-0.15, -0.1) is 0 Å². The fourth-order valence-corrected chi connectivity index (χ4v) is 2.94. The predicted octanol–water partition coefficient (Wildman–Crippen LogP) is 3.65. The van der Waals surface area contributed by atoms with Crippen LogP contribution in [0.4, 0.5) is 11.4 Å². The van der Waals surface area contributed by atoms with Crippen LogP contribution in [0.3, 0.4) is 0 Å². The molecule has 2 rings (SSSR count). The van der Waals surface area contributed by atoms with E-state index in [2.05, 4.69) is 12.2 Å². The average Bonchev–Trinajstić information content (AvgIpc) is 2.34. The largest absolute Gasteiger partial charge is 0.399 e. The van der Waals surface area contributed by atoms with E-state index >= 15 is 0 Å². The van der Waals surface area contributed by atoms with E-state index in [1.807, 2.05) is 26.0 Å². The molecule has 0 radical (unpaired) electrons. The summed E-state index contributed by atoms with van der Waals surface area (Å²) in [6.07, 6.45) is 4.36. The van der Waals surface area contributed by atoms with Gasteiger partial charge in [-0.05, 0) is 68.7 Å². The maximum Gasteiger partial charge on any atom is 0.227 e. The first-order chi connectivity index (χ1) is 8.97. The molecule has 1 aliphatic carbocycles. The van der Waals surface area contributed by atoms with Crippen LogP contribution in [0.25, 0.3) is 0 Å². The highest BCUT2D eigenvalue weighted by molar-refractivity contribution is 5.94. The summed E-state index contributed by atoms with van der Waals surface area (Å²) in [5.74, 6) is 1.11. The Bertz CT molecular complexity index is 451. The topological polar surface area (TPSA) is 55.1 Å². The zero-order chi connectivity index (χ0) is 14.0. The van der Waals surface area contributed by atoms with E-state index in [1.165, 1.54) is 0 Å². The minimum atomic E-state index is 0.169. The second-order valence-corrected chi connectivity index (χ2v) is 5.98. The molecule has 0 atom stereocenters. The van der Waals surface area contributed by atoms with Crippen molar-refractivity contribution in [2.75, 3.05) is 11.1 Å². The third-order valence-corrected chi connectivity index (χ3v) is 4.19. The monoisotopic (exact) mass is 260 g/mol. The predicted molar refractivity (Wildman–Crippen MR) is 80.1 cm³/mol. The molecule has 0 unspecified atom stereocenters. The molecule has 1 amide bonds. The molecular weight excluding hydrogens is 236 g/mol. The SMILES string of the molecule is Cc1cc(N)cc(C)c1NC(=O)C1CCC(C)CC1. The summed E-state index contributed by atoms with van der Waals surface area (Å²) in [6, 6.07) is 3.82. The molecule has 0 bridgehead atoms. The summed E-state index contributed by atoms with van der Waals surface area (Å²) < 4.78 is 0. The van der Waals surface area contributed by atoms with Gasteiger partial charge in [-0.25, -0.2) is 0 Å². The molecule has 1 aromatic carbocycles. The molecule has 0 aliphatic heterocycles. The highest BCUT2D eigenvalue weighted by Gasteiger charge is 2.24. The van der Waals surface area contributed by atoms with Gasteiger partial charge in [0.2, 0.25) is 5.91 Å². The first-order valence-electron chi connectivity index (χ1n) is 7.15. The van der Waals surface area contributed by atoms with Crippen molar-refractivity contribution in [3.05, 3.63) is 23.3 Å². The van der Waals surface area contributed by atoms with Gasteiger partial charge in [-0.2, -0.15) is 0 Å². The normalized spacial score (nSPS) is 23.1. The second-order valence-electron chi connectivity index (χ2n) is 5.98. The summed E-state index contributed by atoms with van der Waals surface area (Å²) >= 11 is 0. The molecule has 3 N–H and O–H groups in total. The van der Waals surface area contributed by atoms with Crippen LogP contribution >= 0.6 is 0 Å². The number of anilines is 2. The number of nitrogens with two attached hydrogens (primary N) is 1. The average molecular weight is 260 g/mol. The Kier molecular flexibility index (Phi) is 4.13. The standard InChI is InChI=1S/C16H24N2O/c1-10-4-6-13(7-5-10)16(19)18-15-11(2)8-14(17)9-12(15)3/h8-10,13H,4-7,17H2,1-3H3,(H,18,19). The van der Waals surface area contributed by atoms with Crippen LogP contribution < -0.4 is 11.1 Å². The summed E-state index contributed by atoms with van der Waals surface area (Å²) in [6.45, 7) is 6.24. The lowest BCUT2D eigenvalue weighted by Crippen LogP contribution is -2.27. The van der Waals surface area contributed by atoms with Crippen molar-refractivity contribution in [2.24, 2.45) is 11.8 Å². The molecule has 1 aromatic rings. The summed E-state index contributed by atoms with van der Waals surface area (Å²) in [7, 11) is 0. The van der Waals surface area contributed by atoms with E-state index in [-0.39, 0.29) is 11.8 Å². The lowest BCUT2D eigenvalue weighted by Gasteiger charge is -2.26. The summed E-state index contributed by atoms with van der Waals surface area (Å²) in [5, 5.41) is 3.10. The van der Waals surface area contributed by atoms with Crippen LogP contribution in [-0.2, 0) is 4.79 Å². The maximum atomic E-state index is 12.3. The molecule has 1 saturated carbocycles. The van der Waals surface area contributed by atoms with Gasteiger partial charge in [0.25, 0.3) is 0 Å². The number of amides is 1. The fourth-order valence-electron chi connectivity index (χ4n) is 2.94. The van der Waals surface area contributed by atoms with E-state index in [0.717, 1.165) is 54.1 Å². The van der Waals surface area contributed by atoms with Gasteiger partial charge in [0.15, 0.2) is 0 Å². The third-order valence-electron chi connectivity index (χ3n) is 4.19. The third kappa shape index (κ3) is 3.28. The van der Waals surface area contributed by atoms with Gasteiger partial charge in [-0.3, -0.25) is 4.79 Å². The molecule has 1 aliphatic rings. The van der Waals surface area contributed by atoms with Crippen molar-refractivity contribution >= 4 is 17.3 Å². The van der Waals surface area contributed by atoms with Crippen molar-refractivity contribution in [3.8, 4) is 0 Å². The van der Waals surface area contributed by atoms with Crippen LogP contribution in [0, 0.1) is 25.7 Å². The molecule has 1 fully saturated rings.